The third-order valence-corrected chi connectivity index (χ3v) is 3.89. The van der Waals surface area contributed by atoms with Crippen molar-refractivity contribution in [3.8, 4) is 0 Å². The van der Waals surface area contributed by atoms with Gasteiger partial charge in [-0.3, -0.25) is 4.79 Å². The Balaban J connectivity index is 2.46. The van der Waals surface area contributed by atoms with E-state index in [1.807, 2.05) is 0 Å². The molecule has 1 heterocycles. The Morgan fingerprint density at radius 1 is 1.26 bits per heavy atom. The van der Waals surface area contributed by atoms with Gasteiger partial charge in [0.2, 0.25) is 5.24 Å². The molecule has 0 saturated heterocycles. The zero-order valence-corrected chi connectivity index (χ0v) is 12.4. The van der Waals surface area contributed by atoms with Crippen LogP contribution in [0.15, 0.2) is 41.0 Å². The number of rotatable bonds is 4. The van der Waals surface area contributed by atoms with Crippen LogP contribution in [0.4, 0.5) is 0 Å². The highest BCUT2D eigenvalue weighted by Crippen LogP contribution is 2.34. The topological polar surface area (TPSA) is 30.2 Å². The van der Waals surface area contributed by atoms with E-state index in [9.17, 15) is 4.79 Å². The molecule has 0 bridgehead atoms. The molecule has 1 unspecified atom stereocenters. The molecule has 1 aromatic heterocycles. The molecular formula is C14H11Cl3O2. The molecule has 0 spiro atoms. The first-order chi connectivity index (χ1) is 8.91. The van der Waals surface area contributed by atoms with Gasteiger partial charge in [0.25, 0.3) is 0 Å². The Morgan fingerprint density at radius 3 is 2.37 bits per heavy atom. The van der Waals surface area contributed by atoms with Crippen LogP contribution in [0.5, 0.6) is 0 Å². The lowest BCUT2D eigenvalue weighted by atomic mass is 9.80. The summed E-state index contributed by atoms with van der Waals surface area (Å²) in [7, 11) is 0. The largest absolute Gasteiger partial charge is 0.469 e. The molecule has 0 saturated carbocycles. The minimum atomic E-state index is -0.937. The highest BCUT2D eigenvalue weighted by atomic mass is 35.5. The van der Waals surface area contributed by atoms with Gasteiger partial charge >= 0.3 is 0 Å². The fourth-order valence-electron chi connectivity index (χ4n) is 1.92. The monoisotopic (exact) mass is 316 g/mol. The molecule has 0 N–H and O–H groups in total. The predicted octanol–water partition coefficient (Wildman–Crippen LogP) is 4.85. The fourth-order valence-corrected chi connectivity index (χ4v) is 2.62. The van der Waals surface area contributed by atoms with Crippen molar-refractivity contribution in [2.24, 2.45) is 0 Å². The Bertz CT molecular complexity index is 572. The van der Waals surface area contributed by atoms with Crippen molar-refractivity contribution in [2.45, 2.75) is 18.8 Å². The first kappa shape index (κ1) is 14.4. The van der Waals surface area contributed by atoms with Gasteiger partial charge in [-0.2, -0.15) is 0 Å². The minimum absolute atomic E-state index is 0.346. The van der Waals surface area contributed by atoms with Crippen molar-refractivity contribution >= 4 is 40.0 Å². The third-order valence-electron chi connectivity index (χ3n) is 3.04. The second-order valence-electron chi connectivity index (χ2n) is 4.52. The van der Waals surface area contributed by atoms with Crippen LogP contribution < -0.4 is 0 Å². The molecule has 0 aliphatic heterocycles. The van der Waals surface area contributed by atoms with Gasteiger partial charge in [-0.15, -0.1) is 0 Å². The van der Waals surface area contributed by atoms with Gasteiger partial charge in [0, 0.05) is 16.5 Å². The van der Waals surface area contributed by atoms with E-state index in [1.165, 1.54) is 0 Å². The van der Waals surface area contributed by atoms with E-state index < -0.39 is 10.7 Å². The highest BCUT2D eigenvalue weighted by molar-refractivity contribution is 6.65. The lowest BCUT2D eigenvalue weighted by Crippen LogP contribution is -2.31. The Kier molecular flexibility index (Phi) is 4.24. The van der Waals surface area contributed by atoms with Gasteiger partial charge in [-0.05, 0) is 54.4 Å². The van der Waals surface area contributed by atoms with Gasteiger partial charge in [-0.25, -0.2) is 0 Å². The summed E-state index contributed by atoms with van der Waals surface area (Å²) in [5, 5.41) is 0.444. The average Bonchev–Trinajstić information content (AvgIpc) is 2.79. The first-order valence-electron chi connectivity index (χ1n) is 5.61. The summed E-state index contributed by atoms with van der Waals surface area (Å²) in [4.78, 5) is 11.9. The standard InChI is InChI=1S/C14H11Cl3O2/c1-14(13(17)18,8-12-3-2-4-19-12)9-5-10(15)7-11(16)6-9/h2-7H,8H2,1H3. The van der Waals surface area contributed by atoms with Gasteiger partial charge < -0.3 is 4.42 Å². The van der Waals surface area contributed by atoms with E-state index in [4.69, 9.17) is 39.2 Å². The first-order valence-corrected chi connectivity index (χ1v) is 6.74. The van der Waals surface area contributed by atoms with Crippen LogP contribution in [0.25, 0.3) is 0 Å². The maximum absolute atomic E-state index is 11.9. The number of furan rings is 1. The summed E-state index contributed by atoms with van der Waals surface area (Å²) in [6.07, 6.45) is 1.90. The molecule has 0 fully saturated rings. The number of carbonyl (C=O) groups is 1. The lowest BCUT2D eigenvalue weighted by molar-refractivity contribution is -0.116. The van der Waals surface area contributed by atoms with Gasteiger partial charge in [0.1, 0.15) is 5.76 Å². The number of hydrogen-bond donors (Lipinski definition) is 0. The summed E-state index contributed by atoms with van der Waals surface area (Å²) >= 11 is 17.7. The van der Waals surface area contributed by atoms with Crippen molar-refractivity contribution < 1.29 is 9.21 Å². The molecule has 1 atom stereocenters. The number of halogens is 3. The molecule has 5 heteroatoms. The maximum Gasteiger partial charge on any atom is 0.232 e. The number of benzene rings is 1. The molecule has 100 valence electrons. The van der Waals surface area contributed by atoms with E-state index in [2.05, 4.69) is 0 Å². The SMILES string of the molecule is CC(Cc1ccco1)(C(=O)Cl)c1cc(Cl)cc(Cl)c1. The van der Waals surface area contributed by atoms with Gasteiger partial charge in [-0.1, -0.05) is 23.2 Å². The molecule has 0 radical (unpaired) electrons. The van der Waals surface area contributed by atoms with Crippen LogP contribution in [0.3, 0.4) is 0 Å². The smallest absolute Gasteiger partial charge is 0.232 e. The van der Waals surface area contributed by atoms with Crippen LogP contribution in [0.2, 0.25) is 10.0 Å². The Labute approximate surface area is 126 Å². The predicted molar refractivity (Wildman–Crippen MR) is 77.1 cm³/mol. The summed E-state index contributed by atoms with van der Waals surface area (Å²) in [5.41, 5.74) is -0.269. The summed E-state index contributed by atoms with van der Waals surface area (Å²) in [5.74, 6) is 0.674. The normalized spacial score (nSPS) is 14.1. The van der Waals surface area contributed by atoms with E-state index in [1.54, 1.807) is 43.5 Å². The van der Waals surface area contributed by atoms with Crippen LogP contribution in [0.1, 0.15) is 18.2 Å². The molecule has 0 aliphatic carbocycles. The van der Waals surface area contributed by atoms with Crippen LogP contribution in [0, 0.1) is 0 Å². The van der Waals surface area contributed by atoms with Crippen molar-refractivity contribution in [3.63, 3.8) is 0 Å². The van der Waals surface area contributed by atoms with Crippen LogP contribution in [-0.4, -0.2) is 5.24 Å². The van der Waals surface area contributed by atoms with Crippen molar-refractivity contribution in [1.29, 1.82) is 0 Å². The molecule has 2 aromatic rings. The molecule has 1 aromatic carbocycles. The zero-order valence-electron chi connectivity index (χ0n) is 10.1. The fraction of sp³-hybridized carbons (Fsp3) is 0.214. The van der Waals surface area contributed by atoms with Gasteiger partial charge in [0.05, 0.1) is 11.7 Å². The Morgan fingerprint density at radius 2 is 1.89 bits per heavy atom. The molecule has 0 amide bonds. The number of hydrogen-bond acceptors (Lipinski definition) is 2. The number of carbonyl (C=O) groups excluding carboxylic acids is 1. The van der Waals surface area contributed by atoms with Crippen molar-refractivity contribution in [1.82, 2.24) is 0 Å². The van der Waals surface area contributed by atoms with E-state index in [-0.39, 0.29) is 0 Å². The van der Waals surface area contributed by atoms with Crippen molar-refractivity contribution in [2.75, 3.05) is 0 Å². The second-order valence-corrected chi connectivity index (χ2v) is 5.74. The molecular weight excluding hydrogens is 307 g/mol. The zero-order chi connectivity index (χ0) is 14.0. The van der Waals surface area contributed by atoms with Gasteiger partial charge in [0.15, 0.2) is 0 Å². The summed E-state index contributed by atoms with van der Waals surface area (Å²) in [6, 6.07) is 8.55. The van der Waals surface area contributed by atoms with Crippen LogP contribution in [-0.2, 0) is 16.6 Å². The highest BCUT2D eigenvalue weighted by Gasteiger charge is 2.35. The minimum Gasteiger partial charge on any atom is -0.469 e. The molecule has 19 heavy (non-hydrogen) atoms. The Hall–Kier alpha value is -0.960. The van der Waals surface area contributed by atoms with E-state index in [0.29, 0.717) is 27.8 Å². The maximum atomic E-state index is 11.9. The molecule has 0 aliphatic rings. The quantitative estimate of drug-likeness (QED) is 0.754. The van der Waals surface area contributed by atoms with E-state index in [0.717, 1.165) is 0 Å². The third kappa shape index (κ3) is 3.14. The average molecular weight is 318 g/mol. The van der Waals surface area contributed by atoms with E-state index >= 15 is 0 Å². The lowest BCUT2D eigenvalue weighted by Gasteiger charge is -2.25. The summed E-state index contributed by atoms with van der Waals surface area (Å²) in [6.45, 7) is 1.74. The summed E-state index contributed by atoms with van der Waals surface area (Å²) < 4.78 is 5.28. The molecule has 2 nitrogen and oxygen atoms in total. The van der Waals surface area contributed by atoms with Crippen molar-refractivity contribution in [3.05, 3.63) is 58.0 Å². The second kappa shape index (κ2) is 5.58. The molecule has 2 rings (SSSR count). The van der Waals surface area contributed by atoms with Crippen LogP contribution >= 0.6 is 34.8 Å².